The van der Waals surface area contributed by atoms with Gasteiger partial charge in [-0.05, 0) is 46.1 Å². The number of amides is 2. The number of imide groups is 1. The van der Waals surface area contributed by atoms with E-state index in [0.717, 1.165) is 6.92 Å². The maximum Gasteiger partial charge on any atom is 0.414 e. The summed E-state index contributed by atoms with van der Waals surface area (Å²) in [6.45, 7) is 5.79. The molecule has 0 aromatic rings. The van der Waals surface area contributed by atoms with Crippen molar-refractivity contribution in [3.8, 4) is 0 Å². The molecule has 2 unspecified atom stereocenters. The number of nitrogens with two attached hydrogens (primary N) is 3. The van der Waals surface area contributed by atoms with Gasteiger partial charge in [-0.3, -0.25) is 24.5 Å². The van der Waals surface area contributed by atoms with Gasteiger partial charge in [0.2, 0.25) is 5.91 Å². The van der Waals surface area contributed by atoms with Crippen LogP contribution in [-0.2, 0) is 23.9 Å². The van der Waals surface area contributed by atoms with Crippen molar-refractivity contribution in [1.29, 1.82) is 0 Å². The fourth-order valence-corrected chi connectivity index (χ4v) is 2.99. The Bertz CT molecular complexity index is 676. The molecule has 0 aromatic heterocycles. The van der Waals surface area contributed by atoms with E-state index in [9.17, 15) is 24.0 Å². The summed E-state index contributed by atoms with van der Waals surface area (Å²) in [6, 6.07) is -2.73. The molecule has 0 aromatic carbocycles. The highest BCUT2D eigenvalue weighted by atomic mass is 32.2. The number of carboxylic acid groups (broad SMARTS) is 1. The molecule has 30 heavy (non-hydrogen) atoms. The Morgan fingerprint density at radius 3 is 1.97 bits per heavy atom. The minimum Gasteiger partial charge on any atom is -0.481 e. The van der Waals surface area contributed by atoms with Gasteiger partial charge in [0.1, 0.15) is 17.1 Å². The van der Waals surface area contributed by atoms with Crippen LogP contribution in [-0.4, -0.2) is 69.9 Å². The quantitative estimate of drug-likeness (QED) is 0.252. The molecule has 12 heteroatoms. The second-order valence-corrected chi connectivity index (χ2v) is 9.05. The molecule has 0 aliphatic rings. The first-order valence-electron chi connectivity index (χ1n) is 9.17. The molecule has 11 nitrogen and oxygen atoms in total. The van der Waals surface area contributed by atoms with Crippen molar-refractivity contribution >= 4 is 41.3 Å². The van der Waals surface area contributed by atoms with E-state index in [-0.39, 0.29) is 6.42 Å². The number of carboxylic acids is 1. The Morgan fingerprint density at radius 1 is 1.03 bits per heavy atom. The molecule has 0 aliphatic carbocycles. The zero-order valence-corrected chi connectivity index (χ0v) is 18.7. The summed E-state index contributed by atoms with van der Waals surface area (Å²) < 4.78 is 4.98. The van der Waals surface area contributed by atoms with Crippen LogP contribution in [0.25, 0.3) is 0 Å². The van der Waals surface area contributed by atoms with E-state index in [0.29, 0.717) is 5.75 Å². The second-order valence-electron chi connectivity index (χ2n) is 8.07. The van der Waals surface area contributed by atoms with Crippen LogP contribution < -0.4 is 22.5 Å². The van der Waals surface area contributed by atoms with Crippen LogP contribution >= 0.6 is 11.8 Å². The highest BCUT2D eigenvalue weighted by Crippen LogP contribution is 2.22. The first-order chi connectivity index (χ1) is 13.5. The number of ketones is 2. The highest BCUT2D eigenvalue weighted by molar-refractivity contribution is 7.98. The van der Waals surface area contributed by atoms with Gasteiger partial charge in [0.05, 0.1) is 18.5 Å². The molecule has 172 valence electrons. The molecule has 0 aliphatic heterocycles. The molecule has 0 heterocycles. The normalized spacial score (nSPS) is 16.5. The van der Waals surface area contributed by atoms with E-state index < -0.39 is 65.1 Å². The molecule has 0 rings (SSSR count). The number of hydrogen-bond acceptors (Lipinski definition) is 10. The number of carbonyl (C=O) groups is 5. The number of hydrogen-bond donors (Lipinski definition) is 5. The fourth-order valence-electron chi connectivity index (χ4n) is 2.50. The van der Waals surface area contributed by atoms with Crippen LogP contribution in [0.1, 0.15) is 40.5 Å². The van der Waals surface area contributed by atoms with Crippen LogP contribution in [0.5, 0.6) is 0 Å². The number of ether oxygens (including phenoxy) is 1. The summed E-state index contributed by atoms with van der Waals surface area (Å²) in [5.41, 5.74) is 14.4. The Hall–Kier alpha value is -2.02. The Kier molecular flexibility index (Phi) is 10.6. The Balaban J connectivity index is 5.86. The van der Waals surface area contributed by atoms with Gasteiger partial charge in [0, 0.05) is 0 Å². The van der Waals surface area contributed by atoms with Crippen LogP contribution in [0.2, 0.25) is 0 Å². The lowest BCUT2D eigenvalue weighted by molar-refractivity contribution is -0.145. The van der Waals surface area contributed by atoms with Crippen LogP contribution in [0, 0.1) is 5.92 Å². The second kappa shape index (κ2) is 11.4. The summed E-state index contributed by atoms with van der Waals surface area (Å²) >= 11 is 1.42. The average molecular weight is 449 g/mol. The zero-order valence-electron chi connectivity index (χ0n) is 17.9. The van der Waals surface area contributed by atoms with Gasteiger partial charge in [-0.1, -0.05) is 0 Å². The maximum absolute atomic E-state index is 12.9. The Morgan fingerprint density at radius 2 is 1.53 bits per heavy atom. The number of thioether (sulfide) groups is 1. The molecule has 0 bridgehead atoms. The summed E-state index contributed by atoms with van der Waals surface area (Å²) in [6.07, 6.45) is 0.0993. The van der Waals surface area contributed by atoms with Crippen molar-refractivity contribution < 1.29 is 33.8 Å². The lowest BCUT2D eigenvalue weighted by atomic mass is 9.75. The first kappa shape index (κ1) is 28.0. The van der Waals surface area contributed by atoms with Crippen LogP contribution in [0.15, 0.2) is 0 Å². The average Bonchev–Trinajstić information content (AvgIpc) is 2.56. The first-order valence-corrected chi connectivity index (χ1v) is 10.6. The number of rotatable bonds is 11. The number of Topliss-reactive ketones (excluding diaryl/α,β-unsaturated/α-hetero) is 2. The predicted octanol–water partition coefficient (Wildman–Crippen LogP) is -0.608. The van der Waals surface area contributed by atoms with Gasteiger partial charge < -0.3 is 27.0 Å². The lowest BCUT2D eigenvalue weighted by Gasteiger charge is -2.33. The maximum atomic E-state index is 12.9. The SMILES string of the molecule is CSCC[C@H](N)C(=O)C(C(=O)[C@@H](N)CC(=O)O)C(C)(N)C(=O)NC(=O)OC(C)(C)C. The molecule has 0 spiro atoms. The van der Waals surface area contributed by atoms with Crippen molar-refractivity contribution in [3.05, 3.63) is 0 Å². The molecule has 4 atom stereocenters. The molecule has 2 amide bonds. The molecule has 0 fully saturated rings. The van der Waals surface area contributed by atoms with Crippen molar-refractivity contribution in [2.24, 2.45) is 23.1 Å². The molecule has 0 radical (unpaired) electrons. The van der Waals surface area contributed by atoms with Gasteiger partial charge in [-0.2, -0.15) is 11.8 Å². The van der Waals surface area contributed by atoms with Crippen molar-refractivity contribution in [2.45, 2.75) is 63.8 Å². The van der Waals surface area contributed by atoms with E-state index >= 15 is 0 Å². The summed E-state index contributed by atoms with van der Waals surface area (Å²) in [5.74, 6) is -5.80. The van der Waals surface area contributed by atoms with Gasteiger partial charge >= 0.3 is 12.1 Å². The number of alkyl carbamates (subject to hydrolysis) is 1. The monoisotopic (exact) mass is 448 g/mol. The van der Waals surface area contributed by atoms with Gasteiger partial charge in [-0.15, -0.1) is 0 Å². The summed E-state index contributed by atoms with van der Waals surface area (Å²) in [7, 11) is 0. The van der Waals surface area contributed by atoms with Crippen LogP contribution in [0.4, 0.5) is 4.79 Å². The van der Waals surface area contributed by atoms with Gasteiger partial charge in [0.25, 0.3) is 0 Å². The van der Waals surface area contributed by atoms with Crippen molar-refractivity contribution in [2.75, 3.05) is 12.0 Å². The summed E-state index contributed by atoms with van der Waals surface area (Å²) in [5, 5.41) is 10.8. The smallest absolute Gasteiger partial charge is 0.414 e. The largest absolute Gasteiger partial charge is 0.481 e. The highest BCUT2D eigenvalue weighted by Gasteiger charge is 2.49. The predicted molar refractivity (Wildman–Crippen MR) is 112 cm³/mol. The third kappa shape index (κ3) is 8.78. The molecular formula is C18H32N4O7S. The van der Waals surface area contributed by atoms with Crippen LogP contribution in [0.3, 0.4) is 0 Å². The van der Waals surface area contributed by atoms with E-state index in [2.05, 4.69) is 0 Å². The molecule has 0 saturated heterocycles. The topological polar surface area (TPSA) is 205 Å². The number of aliphatic carboxylic acids is 1. The van der Waals surface area contributed by atoms with Gasteiger partial charge in [0.15, 0.2) is 11.6 Å². The standard InChI is InChI=1S/C18H32N4O7S/c1-17(2,3)29-16(28)22-15(27)18(4,21)12(13(25)9(19)6-7-30-5)14(26)10(20)8-11(23)24/h9-10,12H,6-8,19-21H2,1-5H3,(H,23,24)(H,22,27,28)/t9-,10-,12?,18?/m0/s1. The molecule has 0 saturated carbocycles. The van der Waals surface area contributed by atoms with E-state index in [1.54, 1.807) is 27.0 Å². The van der Waals surface area contributed by atoms with E-state index in [1.165, 1.54) is 11.8 Å². The minimum atomic E-state index is -2.24. The van der Waals surface area contributed by atoms with E-state index in [1.807, 2.05) is 5.32 Å². The lowest BCUT2D eigenvalue weighted by Crippen LogP contribution is -2.65. The minimum absolute atomic E-state index is 0.196. The molecular weight excluding hydrogens is 416 g/mol. The summed E-state index contributed by atoms with van der Waals surface area (Å²) in [4.78, 5) is 61.2. The molecule has 8 N–H and O–H groups in total. The Labute approximate surface area is 179 Å². The number of carbonyl (C=O) groups excluding carboxylic acids is 4. The van der Waals surface area contributed by atoms with Gasteiger partial charge in [-0.25, -0.2) is 4.79 Å². The van der Waals surface area contributed by atoms with Crippen molar-refractivity contribution in [3.63, 3.8) is 0 Å². The van der Waals surface area contributed by atoms with Crippen molar-refractivity contribution in [1.82, 2.24) is 5.32 Å². The third-order valence-corrected chi connectivity index (χ3v) is 4.67. The van der Waals surface area contributed by atoms with E-state index in [4.69, 9.17) is 27.0 Å². The zero-order chi connectivity index (χ0) is 23.9. The number of nitrogens with one attached hydrogen (secondary N) is 1. The third-order valence-electron chi connectivity index (χ3n) is 4.03. The fraction of sp³-hybridized carbons (Fsp3) is 0.722.